The number of hydrogen-bond donors (Lipinski definition) is 2. The minimum atomic E-state index is -1.49. The molecule has 0 spiro atoms. The van der Waals surface area contributed by atoms with Crippen molar-refractivity contribution in [2.24, 2.45) is 0 Å². The van der Waals surface area contributed by atoms with Gasteiger partial charge >= 0.3 is 7.12 Å². The van der Waals surface area contributed by atoms with Gasteiger partial charge in [0.25, 0.3) is 0 Å². The molecular formula is C14H23BO5. The molecular weight excluding hydrogens is 259 g/mol. The fraction of sp³-hybridized carbons (Fsp3) is 0.571. The first-order chi connectivity index (χ1) is 9.39. The summed E-state index contributed by atoms with van der Waals surface area (Å²) < 4.78 is 16.2. The molecule has 20 heavy (non-hydrogen) atoms. The second-order valence-corrected chi connectivity index (χ2v) is 5.21. The second kappa shape index (κ2) is 7.64. The molecule has 0 amide bonds. The Morgan fingerprint density at radius 3 is 2.45 bits per heavy atom. The smallest absolute Gasteiger partial charge is 0.488 e. The van der Waals surface area contributed by atoms with E-state index in [1.165, 1.54) is 0 Å². The van der Waals surface area contributed by atoms with Crippen LogP contribution in [0.2, 0.25) is 0 Å². The van der Waals surface area contributed by atoms with Crippen molar-refractivity contribution in [2.75, 3.05) is 20.8 Å². The quantitative estimate of drug-likeness (QED) is 0.543. The zero-order chi connectivity index (χ0) is 15.2. The molecule has 1 rings (SSSR count). The van der Waals surface area contributed by atoms with Crippen molar-refractivity contribution >= 4 is 12.6 Å². The first kappa shape index (κ1) is 17.0. The van der Waals surface area contributed by atoms with Gasteiger partial charge in [0.05, 0.1) is 19.3 Å². The highest BCUT2D eigenvalue weighted by molar-refractivity contribution is 6.58. The second-order valence-electron chi connectivity index (χ2n) is 5.21. The van der Waals surface area contributed by atoms with Crippen LogP contribution in [0.15, 0.2) is 18.2 Å². The van der Waals surface area contributed by atoms with Gasteiger partial charge in [0, 0.05) is 19.3 Å². The van der Waals surface area contributed by atoms with Gasteiger partial charge in [-0.2, -0.15) is 0 Å². The third-order valence-electron chi connectivity index (χ3n) is 3.26. The molecule has 1 aromatic carbocycles. The average molecular weight is 282 g/mol. The van der Waals surface area contributed by atoms with Crippen LogP contribution < -0.4 is 10.2 Å². The lowest BCUT2D eigenvalue weighted by molar-refractivity contribution is -0.0126. The molecule has 0 saturated heterocycles. The normalized spacial score (nSPS) is 11.5. The average Bonchev–Trinajstić information content (AvgIpc) is 2.43. The van der Waals surface area contributed by atoms with Crippen molar-refractivity contribution in [2.45, 2.75) is 32.5 Å². The van der Waals surface area contributed by atoms with E-state index in [0.29, 0.717) is 24.4 Å². The number of methoxy groups -OCH3 is 2. The Bertz CT molecular complexity index is 420. The molecule has 112 valence electrons. The van der Waals surface area contributed by atoms with Gasteiger partial charge < -0.3 is 24.3 Å². The van der Waals surface area contributed by atoms with Crippen LogP contribution in [0.1, 0.15) is 25.8 Å². The Morgan fingerprint density at radius 2 is 1.90 bits per heavy atom. The zero-order valence-corrected chi connectivity index (χ0v) is 12.5. The summed E-state index contributed by atoms with van der Waals surface area (Å²) in [5, 5.41) is 18.4. The van der Waals surface area contributed by atoms with E-state index in [9.17, 15) is 10.0 Å². The van der Waals surface area contributed by atoms with Crippen LogP contribution in [-0.4, -0.2) is 43.6 Å². The summed E-state index contributed by atoms with van der Waals surface area (Å²) in [6.07, 6.45) is 0.772. The number of rotatable bonds is 8. The first-order valence-corrected chi connectivity index (χ1v) is 6.55. The summed E-state index contributed by atoms with van der Waals surface area (Å²) in [6.45, 7) is 4.90. The zero-order valence-electron chi connectivity index (χ0n) is 12.5. The minimum Gasteiger partial charge on any atom is -0.496 e. The third-order valence-corrected chi connectivity index (χ3v) is 3.26. The van der Waals surface area contributed by atoms with E-state index < -0.39 is 7.12 Å². The van der Waals surface area contributed by atoms with Crippen molar-refractivity contribution in [3.63, 3.8) is 0 Å². The van der Waals surface area contributed by atoms with Gasteiger partial charge in [0.15, 0.2) is 0 Å². The van der Waals surface area contributed by atoms with E-state index in [4.69, 9.17) is 14.2 Å². The lowest BCUT2D eigenvalue weighted by Crippen LogP contribution is -2.30. The van der Waals surface area contributed by atoms with E-state index in [1.54, 1.807) is 32.4 Å². The summed E-state index contributed by atoms with van der Waals surface area (Å²) in [6, 6.07) is 4.98. The van der Waals surface area contributed by atoms with E-state index in [1.807, 2.05) is 13.8 Å². The van der Waals surface area contributed by atoms with Crippen molar-refractivity contribution in [1.82, 2.24) is 0 Å². The van der Waals surface area contributed by atoms with Gasteiger partial charge in [-0.05, 0) is 31.8 Å². The van der Waals surface area contributed by atoms with Crippen LogP contribution in [0.5, 0.6) is 5.75 Å². The highest BCUT2D eigenvalue weighted by Crippen LogP contribution is 2.18. The number of ether oxygens (including phenoxy) is 3. The third kappa shape index (κ3) is 5.13. The largest absolute Gasteiger partial charge is 0.496 e. The maximum Gasteiger partial charge on any atom is 0.488 e. The maximum absolute atomic E-state index is 9.18. The van der Waals surface area contributed by atoms with Gasteiger partial charge in [-0.1, -0.05) is 12.1 Å². The van der Waals surface area contributed by atoms with Gasteiger partial charge in [-0.15, -0.1) is 0 Å². The van der Waals surface area contributed by atoms with Crippen LogP contribution in [-0.2, 0) is 16.1 Å². The fourth-order valence-corrected chi connectivity index (χ4v) is 1.67. The van der Waals surface area contributed by atoms with Crippen LogP contribution >= 0.6 is 0 Å². The fourth-order valence-electron chi connectivity index (χ4n) is 1.67. The summed E-state index contributed by atoms with van der Waals surface area (Å²) in [4.78, 5) is 0. The van der Waals surface area contributed by atoms with Crippen LogP contribution in [0, 0.1) is 0 Å². The van der Waals surface area contributed by atoms with Crippen molar-refractivity contribution in [1.29, 1.82) is 0 Å². The predicted molar refractivity (Wildman–Crippen MR) is 78.2 cm³/mol. The summed E-state index contributed by atoms with van der Waals surface area (Å²) in [7, 11) is 1.75. The van der Waals surface area contributed by atoms with E-state index >= 15 is 0 Å². The molecule has 0 aromatic heterocycles. The molecule has 0 saturated carbocycles. The number of hydrogen-bond acceptors (Lipinski definition) is 5. The van der Waals surface area contributed by atoms with E-state index in [0.717, 1.165) is 12.0 Å². The minimum absolute atomic E-state index is 0.215. The van der Waals surface area contributed by atoms with Crippen LogP contribution in [0.4, 0.5) is 0 Å². The Hall–Kier alpha value is -1.08. The molecule has 0 heterocycles. The molecule has 0 aliphatic heterocycles. The molecule has 6 heteroatoms. The van der Waals surface area contributed by atoms with E-state index in [2.05, 4.69) is 0 Å². The lowest BCUT2D eigenvalue weighted by atomic mass is 9.79. The SMILES string of the molecule is COc1ccc(B(O)O)cc1COCCC(C)(C)OC. The molecule has 2 N–H and O–H groups in total. The molecule has 1 aromatic rings. The monoisotopic (exact) mass is 282 g/mol. The summed E-state index contributed by atoms with van der Waals surface area (Å²) in [5.74, 6) is 0.667. The lowest BCUT2D eigenvalue weighted by Gasteiger charge is -2.22. The molecule has 0 unspecified atom stereocenters. The van der Waals surface area contributed by atoms with Crippen LogP contribution in [0.3, 0.4) is 0 Å². The molecule has 0 aliphatic carbocycles. The van der Waals surface area contributed by atoms with Crippen molar-refractivity contribution < 1.29 is 24.3 Å². The molecule has 0 fully saturated rings. The molecule has 0 bridgehead atoms. The van der Waals surface area contributed by atoms with Gasteiger partial charge in [0.2, 0.25) is 0 Å². The Kier molecular flexibility index (Phi) is 6.49. The maximum atomic E-state index is 9.18. The molecule has 5 nitrogen and oxygen atoms in total. The van der Waals surface area contributed by atoms with Crippen LogP contribution in [0.25, 0.3) is 0 Å². The van der Waals surface area contributed by atoms with Gasteiger partial charge in [0.1, 0.15) is 5.75 Å². The predicted octanol–water partition coefficient (Wildman–Crippen LogP) is 0.707. The Morgan fingerprint density at radius 1 is 1.20 bits per heavy atom. The highest BCUT2D eigenvalue weighted by atomic mass is 16.5. The first-order valence-electron chi connectivity index (χ1n) is 6.55. The molecule has 0 radical (unpaired) electrons. The Balaban J connectivity index is 2.60. The number of benzene rings is 1. The van der Waals surface area contributed by atoms with Crippen molar-refractivity contribution in [3.05, 3.63) is 23.8 Å². The molecule has 0 aliphatic rings. The summed E-state index contributed by atoms with van der Waals surface area (Å²) in [5.41, 5.74) is 0.989. The molecule has 0 atom stereocenters. The van der Waals surface area contributed by atoms with E-state index in [-0.39, 0.29) is 5.60 Å². The van der Waals surface area contributed by atoms with Gasteiger partial charge in [-0.25, -0.2) is 0 Å². The Labute approximate surface area is 120 Å². The topological polar surface area (TPSA) is 68.2 Å². The van der Waals surface area contributed by atoms with Gasteiger partial charge in [-0.3, -0.25) is 0 Å². The highest BCUT2D eigenvalue weighted by Gasteiger charge is 2.17. The van der Waals surface area contributed by atoms with Crippen molar-refractivity contribution in [3.8, 4) is 5.75 Å². The standard InChI is InChI=1S/C14H23BO5/c1-14(2,19-4)7-8-20-10-11-9-12(15(16)17)5-6-13(11)18-3/h5-6,9,16-17H,7-8,10H2,1-4H3. The summed E-state index contributed by atoms with van der Waals surface area (Å²) >= 11 is 0.